The molecule has 3 heterocycles. The van der Waals surface area contributed by atoms with Crippen molar-refractivity contribution < 1.29 is 17.9 Å². The number of nitrogens with zero attached hydrogens (tertiary/aromatic N) is 2. The highest BCUT2D eigenvalue weighted by Gasteiger charge is 2.62. The third-order valence-corrected chi connectivity index (χ3v) is 8.31. The number of benzene rings is 1. The van der Waals surface area contributed by atoms with E-state index in [0.29, 0.717) is 25.2 Å². The van der Waals surface area contributed by atoms with Crippen LogP contribution < -0.4 is 0 Å². The van der Waals surface area contributed by atoms with E-state index in [1.165, 1.54) is 0 Å². The molecule has 0 bridgehead atoms. The zero-order chi connectivity index (χ0) is 18.4. The van der Waals surface area contributed by atoms with Gasteiger partial charge in [-0.15, -0.1) is 0 Å². The van der Waals surface area contributed by atoms with Crippen molar-refractivity contribution >= 4 is 26.6 Å². The van der Waals surface area contributed by atoms with Gasteiger partial charge in [-0.2, -0.15) is 0 Å². The molecule has 26 heavy (non-hydrogen) atoms. The van der Waals surface area contributed by atoms with E-state index in [0.717, 1.165) is 10.9 Å². The van der Waals surface area contributed by atoms with Gasteiger partial charge < -0.3 is 9.64 Å². The Kier molecular flexibility index (Phi) is 4.23. The Morgan fingerprint density at radius 2 is 2.08 bits per heavy atom. The fourth-order valence-corrected chi connectivity index (χ4v) is 6.56. The summed E-state index contributed by atoms with van der Waals surface area (Å²) in [5, 5.41) is 0.793. The predicted octanol–water partition coefficient (Wildman–Crippen LogP) is 1.90. The summed E-state index contributed by atoms with van der Waals surface area (Å²) in [5.74, 6) is 0.0162. The van der Waals surface area contributed by atoms with Crippen molar-refractivity contribution in [3.05, 3.63) is 42.1 Å². The number of carbonyl (C=O) groups excluding carboxylic acids is 1. The first-order valence-corrected chi connectivity index (χ1v) is 10.6. The molecule has 1 amide bonds. The molecule has 2 aliphatic heterocycles. The summed E-state index contributed by atoms with van der Waals surface area (Å²) in [6, 6.07) is 9.19. The van der Waals surface area contributed by atoms with E-state index in [-0.39, 0.29) is 30.7 Å². The van der Waals surface area contributed by atoms with E-state index in [1.54, 1.807) is 17.2 Å². The van der Waals surface area contributed by atoms with Crippen LogP contribution in [0.4, 0.5) is 0 Å². The van der Waals surface area contributed by atoms with Crippen LogP contribution in [0.2, 0.25) is 0 Å². The number of hydrogen-bond donors (Lipinski definition) is 0. The van der Waals surface area contributed by atoms with Crippen molar-refractivity contribution in [2.75, 3.05) is 32.1 Å². The fraction of sp³-hybridized carbons (Fsp3) is 0.474. The lowest BCUT2D eigenvalue weighted by atomic mass is 9.83. The Morgan fingerprint density at radius 3 is 2.85 bits per heavy atom. The van der Waals surface area contributed by atoms with Crippen LogP contribution in [0.5, 0.6) is 0 Å². The number of fused-ring (bicyclic) bond motifs is 1. The molecule has 0 aliphatic carbocycles. The van der Waals surface area contributed by atoms with Crippen LogP contribution >= 0.6 is 0 Å². The molecule has 2 aromatic rings. The molecule has 1 unspecified atom stereocenters. The number of para-hydroxylation sites is 1. The van der Waals surface area contributed by atoms with Gasteiger partial charge in [0.2, 0.25) is 0 Å². The molecule has 0 radical (unpaired) electrons. The van der Waals surface area contributed by atoms with E-state index < -0.39 is 14.6 Å². The van der Waals surface area contributed by atoms with Crippen LogP contribution in [0.15, 0.2) is 36.5 Å². The molecule has 2 saturated heterocycles. The molecule has 138 valence electrons. The van der Waals surface area contributed by atoms with Gasteiger partial charge in [-0.3, -0.25) is 9.78 Å². The van der Waals surface area contributed by atoms with Gasteiger partial charge in [0.25, 0.3) is 5.91 Å². The first-order valence-electron chi connectivity index (χ1n) is 8.91. The molecule has 6 nitrogen and oxygen atoms in total. The van der Waals surface area contributed by atoms with Gasteiger partial charge in [-0.1, -0.05) is 18.2 Å². The van der Waals surface area contributed by atoms with Crippen LogP contribution in [-0.4, -0.2) is 61.0 Å². The van der Waals surface area contributed by atoms with E-state index in [9.17, 15) is 13.2 Å². The van der Waals surface area contributed by atoms with Crippen molar-refractivity contribution in [3.8, 4) is 0 Å². The maximum absolute atomic E-state index is 13.0. The molecule has 2 fully saturated rings. The number of amides is 1. The second-order valence-electron chi connectivity index (χ2n) is 7.07. The van der Waals surface area contributed by atoms with Crippen molar-refractivity contribution in [1.82, 2.24) is 9.88 Å². The fourth-order valence-electron chi connectivity index (χ4n) is 4.16. The largest absolute Gasteiger partial charge is 0.381 e. The highest BCUT2D eigenvalue weighted by molar-refractivity contribution is 7.93. The molecule has 1 spiro atoms. The van der Waals surface area contributed by atoms with Crippen molar-refractivity contribution in [1.29, 1.82) is 0 Å². The Balaban J connectivity index is 1.59. The van der Waals surface area contributed by atoms with Gasteiger partial charge >= 0.3 is 0 Å². The molecule has 0 saturated carbocycles. The van der Waals surface area contributed by atoms with E-state index in [2.05, 4.69) is 4.98 Å². The summed E-state index contributed by atoms with van der Waals surface area (Å²) >= 11 is 0. The topological polar surface area (TPSA) is 76.6 Å². The maximum Gasteiger partial charge on any atom is 0.254 e. The molecule has 1 aromatic heterocycles. The lowest BCUT2D eigenvalue weighted by molar-refractivity contribution is 0.0272. The Hall–Kier alpha value is -1.99. The zero-order valence-corrected chi connectivity index (χ0v) is 15.5. The SMILES string of the molecule is CCOCC1CCS(=O)(=O)C12CN(C(=O)c1ccnc3ccccc13)C2. The molecule has 2 aliphatic rings. The number of hydrogen-bond acceptors (Lipinski definition) is 5. The molecular formula is C19H22N2O4S. The average molecular weight is 374 g/mol. The summed E-state index contributed by atoms with van der Waals surface area (Å²) in [7, 11) is -3.21. The monoisotopic (exact) mass is 374 g/mol. The smallest absolute Gasteiger partial charge is 0.254 e. The van der Waals surface area contributed by atoms with Gasteiger partial charge in [0, 0.05) is 37.2 Å². The van der Waals surface area contributed by atoms with Crippen LogP contribution in [0.3, 0.4) is 0 Å². The van der Waals surface area contributed by atoms with E-state index in [1.807, 2.05) is 31.2 Å². The Bertz CT molecular complexity index is 946. The number of carbonyl (C=O) groups is 1. The first kappa shape index (κ1) is 17.4. The van der Waals surface area contributed by atoms with Gasteiger partial charge in [0.15, 0.2) is 9.84 Å². The third kappa shape index (κ3) is 2.53. The average Bonchev–Trinajstić information content (AvgIpc) is 2.88. The number of likely N-dealkylation sites (tertiary alicyclic amines) is 1. The standard InChI is InChI=1S/C19H22N2O4S/c1-2-25-11-14-8-10-26(23,24)19(14)12-21(13-19)18(22)16-7-9-20-17-6-4-3-5-15(16)17/h3-7,9,14H,2,8,10-13H2,1H3. The molecule has 1 aromatic carbocycles. The number of sulfone groups is 1. The zero-order valence-electron chi connectivity index (χ0n) is 14.7. The quantitative estimate of drug-likeness (QED) is 0.817. The Labute approximate surface area is 153 Å². The number of ether oxygens (including phenoxy) is 1. The summed E-state index contributed by atoms with van der Waals surface area (Å²) in [5.41, 5.74) is 1.33. The van der Waals surface area contributed by atoms with Crippen LogP contribution in [0.25, 0.3) is 10.9 Å². The molecular weight excluding hydrogens is 352 g/mol. The van der Waals surface area contributed by atoms with E-state index in [4.69, 9.17) is 4.74 Å². The minimum Gasteiger partial charge on any atom is -0.381 e. The van der Waals surface area contributed by atoms with Crippen molar-refractivity contribution in [2.24, 2.45) is 5.92 Å². The van der Waals surface area contributed by atoms with Crippen LogP contribution in [0, 0.1) is 5.92 Å². The lowest BCUT2D eigenvalue weighted by Crippen LogP contribution is -2.68. The van der Waals surface area contributed by atoms with Gasteiger partial charge in [-0.05, 0) is 25.5 Å². The number of aromatic nitrogens is 1. The second kappa shape index (κ2) is 6.32. The third-order valence-electron chi connectivity index (χ3n) is 5.71. The maximum atomic E-state index is 13.0. The second-order valence-corrected chi connectivity index (χ2v) is 9.52. The lowest BCUT2D eigenvalue weighted by Gasteiger charge is -2.49. The summed E-state index contributed by atoms with van der Waals surface area (Å²) in [6.07, 6.45) is 2.23. The van der Waals surface area contributed by atoms with Gasteiger partial charge in [-0.25, -0.2) is 8.42 Å². The summed E-state index contributed by atoms with van der Waals surface area (Å²) in [4.78, 5) is 18.9. The molecule has 0 N–H and O–H groups in total. The highest BCUT2D eigenvalue weighted by atomic mass is 32.2. The summed E-state index contributed by atoms with van der Waals surface area (Å²) in [6.45, 7) is 3.42. The van der Waals surface area contributed by atoms with Crippen molar-refractivity contribution in [3.63, 3.8) is 0 Å². The van der Waals surface area contributed by atoms with Gasteiger partial charge in [0.1, 0.15) is 4.75 Å². The first-order chi connectivity index (χ1) is 12.5. The van der Waals surface area contributed by atoms with Gasteiger partial charge in [0.05, 0.1) is 23.4 Å². The Morgan fingerprint density at radius 1 is 1.31 bits per heavy atom. The molecule has 7 heteroatoms. The predicted molar refractivity (Wildman–Crippen MR) is 98.8 cm³/mol. The number of pyridine rings is 1. The number of rotatable bonds is 4. The van der Waals surface area contributed by atoms with E-state index >= 15 is 0 Å². The summed E-state index contributed by atoms with van der Waals surface area (Å²) < 4.78 is 30.0. The van der Waals surface area contributed by atoms with Crippen LogP contribution in [-0.2, 0) is 14.6 Å². The highest BCUT2D eigenvalue weighted by Crippen LogP contribution is 2.45. The minimum absolute atomic E-state index is 0.0364. The minimum atomic E-state index is -3.21. The van der Waals surface area contributed by atoms with Crippen molar-refractivity contribution in [2.45, 2.75) is 18.1 Å². The molecule has 1 atom stereocenters. The van der Waals surface area contributed by atoms with Crippen LogP contribution in [0.1, 0.15) is 23.7 Å². The molecule has 4 rings (SSSR count). The normalized spacial score (nSPS) is 23.3.